The lowest BCUT2D eigenvalue weighted by Gasteiger charge is -2.04. The normalized spacial score (nSPS) is 10.9. The van der Waals surface area contributed by atoms with Gasteiger partial charge in [-0.3, -0.25) is 4.79 Å². The van der Waals surface area contributed by atoms with Crippen molar-refractivity contribution in [1.82, 2.24) is 4.57 Å². The largest absolute Gasteiger partial charge is 0.426 e. The molecular weight excluding hydrogens is 292 g/mol. The van der Waals surface area contributed by atoms with Gasteiger partial charge in [0.25, 0.3) is 0 Å². The van der Waals surface area contributed by atoms with E-state index in [1.165, 1.54) is 6.07 Å². The summed E-state index contributed by atoms with van der Waals surface area (Å²) in [7, 11) is 0. The van der Waals surface area contributed by atoms with Crippen LogP contribution in [-0.2, 0) is 6.42 Å². The molecule has 5 nitrogen and oxygen atoms in total. The van der Waals surface area contributed by atoms with Crippen LogP contribution >= 0.6 is 11.6 Å². The number of fused-ring (bicyclic) bond motifs is 1. The topological polar surface area (TPSA) is 78.2 Å². The number of nitrogen functional groups attached to an aromatic ring is 1. The number of aromatic nitrogens is 1. The number of oxazole rings is 1. The third-order valence-corrected chi connectivity index (χ3v) is 3.52. The molecule has 0 unspecified atom stereocenters. The number of anilines is 1. The Kier molecular flexibility index (Phi) is 3.27. The fourth-order valence-corrected chi connectivity index (χ4v) is 2.36. The van der Waals surface area contributed by atoms with E-state index in [2.05, 4.69) is 0 Å². The third-order valence-electron chi connectivity index (χ3n) is 3.15. The molecule has 21 heavy (non-hydrogen) atoms. The first-order valence-corrected chi connectivity index (χ1v) is 6.62. The molecule has 2 N–H and O–H groups in total. The Hall–Kier alpha value is -2.53. The summed E-state index contributed by atoms with van der Waals surface area (Å²) < 4.78 is 6.04. The Balaban J connectivity index is 2.04. The van der Waals surface area contributed by atoms with E-state index in [0.717, 1.165) is 4.57 Å². The minimum atomic E-state index is -0.729. The molecule has 0 saturated carbocycles. The summed E-state index contributed by atoms with van der Waals surface area (Å²) >= 11 is 6.03. The van der Waals surface area contributed by atoms with Crippen molar-refractivity contribution in [2.24, 2.45) is 0 Å². The van der Waals surface area contributed by atoms with Crippen molar-refractivity contribution in [1.29, 1.82) is 0 Å². The lowest BCUT2D eigenvalue weighted by atomic mass is 10.1. The van der Waals surface area contributed by atoms with Crippen LogP contribution in [0.25, 0.3) is 11.1 Å². The van der Waals surface area contributed by atoms with Crippen molar-refractivity contribution >= 4 is 34.3 Å². The Labute approximate surface area is 124 Å². The summed E-state index contributed by atoms with van der Waals surface area (Å²) in [5, 5.41) is 0.482. The first kappa shape index (κ1) is 13.5. The predicted octanol–water partition coefficient (Wildman–Crippen LogP) is 2.71. The fourth-order valence-electron chi connectivity index (χ4n) is 2.16. The number of hydrogen-bond acceptors (Lipinski definition) is 4. The molecule has 0 radical (unpaired) electrons. The van der Waals surface area contributed by atoms with E-state index in [0.29, 0.717) is 21.8 Å². The van der Waals surface area contributed by atoms with E-state index in [-0.39, 0.29) is 12.0 Å². The van der Waals surface area contributed by atoms with E-state index in [1.54, 1.807) is 36.4 Å². The maximum Gasteiger partial charge on any atom is 0.426 e. The molecule has 1 heterocycles. The van der Waals surface area contributed by atoms with E-state index in [1.807, 2.05) is 0 Å². The van der Waals surface area contributed by atoms with E-state index >= 15 is 0 Å². The van der Waals surface area contributed by atoms with E-state index in [4.69, 9.17) is 21.8 Å². The molecule has 0 bridgehead atoms. The zero-order valence-electron chi connectivity index (χ0n) is 10.9. The van der Waals surface area contributed by atoms with Gasteiger partial charge in [0, 0.05) is 16.8 Å². The van der Waals surface area contributed by atoms with Gasteiger partial charge in [0.1, 0.15) is 0 Å². The summed E-state index contributed by atoms with van der Waals surface area (Å²) in [6.07, 6.45) is 0.0125. The van der Waals surface area contributed by atoms with Gasteiger partial charge >= 0.3 is 5.76 Å². The summed E-state index contributed by atoms with van der Waals surface area (Å²) in [6.45, 7) is 0. The molecule has 106 valence electrons. The molecule has 0 aliphatic carbocycles. The van der Waals surface area contributed by atoms with Gasteiger partial charge in [0.15, 0.2) is 5.58 Å². The van der Waals surface area contributed by atoms with Crippen molar-refractivity contribution in [3.05, 3.63) is 63.6 Å². The molecule has 3 aromatic rings. The van der Waals surface area contributed by atoms with Crippen LogP contribution in [0.4, 0.5) is 5.69 Å². The van der Waals surface area contributed by atoms with Gasteiger partial charge in [-0.05, 0) is 23.8 Å². The SMILES string of the molecule is Nc1ccc2c(c1)oc(=O)n2C(=O)Cc1ccccc1Cl. The maximum absolute atomic E-state index is 12.4. The molecule has 0 saturated heterocycles. The van der Waals surface area contributed by atoms with Gasteiger partial charge in [-0.25, -0.2) is 9.36 Å². The highest BCUT2D eigenvalue weighted by Crippen LogP contribution is 2.19. The second-order valence-corrected chi connectivity index (χ2v) is 5.00. The van der Waals surface area contributed by atoms with Crippen LogP contribution in [0.2, 0.25) is 5.02 Å². The standard InChI is InChI=1S/C15H11ClN2O3/c16-11-4-2-1-3-9(11)7-14(19)18-12-6-5-10(17)8-13(12)21-15(18)20/h1-6,8H,7,17H2. The number of carbonyl (C=O) groups is 1. The van der Waals surface area contributed by atoms with Crippen LogP contribution < -0.4 is 11.5 Å². The molecule has 0 amide bonds. The lowest BCUT2D eigenvalue weighted by Crippen LogP contribution is -2.24. The highest BCUT2D eigenvalue weighted by molar-refractivity contribution is 6.31. The van der Waals surface area contributed by atoms with Crippen molar-refractivity contribution in [2.75, 3.05) is 5.73 Å². The van der Waals surface area contributed by atoms with Gasteiger partial charge in [-0.15, -0.1) is 0 Å². The van der Waals surface area contributed by atoms with Crippen LogP contribution in [0, 0.1) is 0 Å². The van der Waals surface area contributed by atoms with Gasteiger partial charge in [0.05, 0.1) is 11.9 Å². The van der Waals surface area contributed by atoms with Gasteiger partial charge in [0.2, 0.25) is 5.91 Å². The second kappa shape index (κ2) is 5.10. The number of carbonyl (C=O) groups excluding carboxylic acids is 1. The Bertz CT molecular complexity index is 895. The zero-order valence-corrected chi connectivity index (χ0v) is 11.6. The Morgan fingerprint density at radius 1 is 1.24 bits per heavy atom. The van der Waals surface area contributed by atoms with Crippen LogP contribution in [0.1, 0.15) is 10.4 Å². The number of rotatable bonds is 2. The molecule has 1 aromatic heterocycles. The first-order chi connectivity index (χ1) is 10.1. The highest BCUT2D eigenvalue weighted by atomic mass is 35.5. The summed E-state index contributed by atoms with van der Waals surface area (Å²) in [4.78, 5) is 24.2. The van der Waals surface area contributed by atoms with Crippen molar-refractivity contribution in [2.45, 2.75) is 6.42 Å². The lowest BCUT2D eigenvalue weighted by molar-refractivity contribution is 0.0910. The quantitative estimate of drug-likeness (QED) is 0.738. The molecule has 3 rings (SSSR count). The maximum atomic E-state index is 12.4. The number of halogens is 1. The van der Waals surface area contributed by atoms with Crippen LogP contribution in [0.15, 0.2) is 51.7 Å². The minimum Gasteiger partial charge on any atom is -0.407 e. The summed E-state index contributed by atoms with van der Waals surface area (Å²) in [6, 6.07) is 11.7. The molecule has 0 aliphatic heterocycles. The van der Waals surface area contributed by atoms with Gasteiger partial charge in [-0.2, -0.15) is 0 Å². The van der Waals surface area contributed by atoms with Crippen molar-refractivity contribution < 1.29 is 9.21 Å². The second-order valence-electron chi connectivity index (χ2n) is 4.59. The summed E-state index contributed by atoms with van der Waals surface area (Å²) in [5.41, 5.74) is 7.42. The summed E-state index contributed by atoms with van der Waals surface area (Å²) in [5.74, 6) is -1.13. The number of nitrogens with two attached hydrogens (primary N) is 1. The molecule has 2 aromatic carbocycles. The van der Waals surface area contributed by atoms with Gasteiger partial charge in [-0.1, -0.05) is 29.8 Å². The molecule has 0 spiro atoms. The third kappa shape index (κ3) is 2.43. The number of benzene rings is 2. The smallest absolute Gasteiger partial charge is 0.407 e. The van der Waals surface area contributed by atoms with Crippen LogP contribution in [-0.4, -0.2) is 10.5 Å². The predicted molar refractivity (Wildman–Crippen MR) is 80.7 cm³/mol. The van der Waals surface area contributed by atoms with Gasteiger partial charge < -0.3 is 10.2 Å². The average Bonchev–Trinajstić information content (AvgIpc) is 2.76. The first-order valence-electron chi connectivity index (χ1n) is 6.24. The number of hydrogen-bond donors (Lipinski definition) is 1. The monoisotopic (exact) mass is 302 g/mol. The van der Waals surface area contributed by atoms with Crippen molar-refractivity contribution in [3.63, 3.8) is 0 Å². The number of nitrogens with zero attached hydrogens (tertiary/aromatic N) is 1. The fraction of sp³-hybridized carbons (Fsp3) is 0.0667. The molecule has 6 heteroatoms. The molecule has 0 fully saturated rings. The molecule has 0 aliphatic rings. The van der Waals surface area contributed by atoms with E-state index < -0.39 is 11.7 Å². The Morgan fingerprint density at radius 2 is 2.00 bits per heavy atom. The Morgan fingerprint density at radius 3 is 2.76 bits per heavy atom. The molecular formula is C15H11ClN2O3. The highest BCUT2D eigenvalue weighted by Gasteiger charge is 2.17. The van der Waals surface area contributed by atoms with E-state index in [9.17, 15) is 9.59 Å². The van der Waals surface area contributed by atoms with Crippen molar-refractivity contribution in [3.8, 4) is 0 Å². The zero-order chi connectivity index (χ0) is 15.0. The minimum absolute atomic E-state index is 0.0125. The molecule has 0 atom stereocenters. The average molecular weight is 303 g/mol. The van der Waals surface area contributed by atoms with Crippen LogP contribution in [0.5, 0.6) is 0 Å². The van der Waals surface area contributed by atoms with Crippen LogP contribution in [0.3, 0.4) is 0 Å².